The molecule has 0 amide bonds. The fourth-order valence-electron chi connectivity index (χ4n) is 13.7. The normalized spacial score (nSPS) is 52.0. The second-order valence-electron chi connectivity index (χ2n) is 20.5. The van der Waals surface area contributed by atoms with E-state index >= 15 is 0 Å². The summed E-state index contributed by atoms with van der Waals surface area (Å²) in [6, 6.07) is 0. The molecule has 8 fully saturated rings. The van der Waals surface area contributed by atoms with Gasteiger partial charge in [-0.05, 0) is 132 Å². The molecule has 18 atom stereocenters. The Morgan fingerprint density at radius 2 is 1.47 bits per heavy atom. The summed E-state index contributed by atoms with van der Waals surface area (Å²) in [7, 11) is 0. The molecule has 0 bridgehead atoms. The predicted molar refractivity (Wildman–Crippen MR) is 208 cm³/mol. The number of aliphatic hydroxyl groups is 3. The van der Waals surface area contributed by atoms with Crippen molar-refractivity contribution in [3.05, 3.63) is 11.6 Å². The van der Waals surface area contributed by atoms with Gasteiger partial charge >= 0.3 is 5.97 Å². The zero-order valence-corrected chi connectivity index (χ0v) is 35.1. The topological polar surface area (TPSA) is 146 Å². The van der Waals surface area contributed by atoms with Gasteiger partial charge in [-0.25, -0.2) is 4.79 Å². The molecule has 322 valence electrons. The van der Waals surface area contributed by atoms with E-state index in [-0.39, 0.29) is 47.3 Å². The van der Waals surface area contributed by atoms with E-state index in [2.05, 4.69) is 25.7 Å². The Morgan fingerprint density at radius 1 is 0.772 bits per heavy atom. The van der Waals surface area contributed by atoms with E-state index in [4.69, 9.17) is 33.2 Å². The Hall–Kier alpha value is -1.19. The van der Waals surface area contributed by atoms with Crippen LogP contribution in [0.3, 0.4) is 0 Å². The number of esters is 1. The summed E-state index contributed by atoms with van der Waals surface area (Å²) in [6.45, 7) is 14.0. The van der Waals surface area contributed by atoms with Gasteiger partial charge in [-0.1, -0.05) is 13.8 Å². The largest absolute Gasteiger partial charge is 0.458 e. The maximum Gasteiger partial charge on any atom is 0.331 e. The monoisotopic (exact) mass is 802 g/mol. The lowest BCUT2D eigenvalue weighted by molar-refractivity contribution is -0.329. The highest BCUT2D eigenvalue weighted by Gasteiger charge is 2.68. The van der Waals surface area contributed by atoms with Crippen molar-refractivity contribution in [3.8, 4) is 0 Å². The smallest absolute Gasteiger partial charge is 0.331 e. The van der Waals surface area contributed by atoms with Crippen LogP contribution in [0, 0.1) is 40.4 Å². The Kier molecular flexibility index (Phi) is 11.5. The van der Waals surface area contributed by atoms with Gasteiger partial charge in [0, 0.05) is 50.4 Å². The standard InChI is InChI=1S/C45H71NO11/c1-25-22-46(23-28-6-7-28)17-13-38(52-25)56-41-26(2)54-40(21-36(41)48)57-42-27(3)53-39(20-35(42)47)55-31-10-14-43(4)30(19-31)8-9-34-33(43)11-15-44(5)32(12-16-45(34,44)50)29-18-37(49)51-24-29/h18,25-28,30-36,38-42,47-48,50H,6-17,19-24H2,1-5H3/t25?,26-,27-,30-,31+,32-,33+,34-,35+,36+,38?,39-,40+,41-,42+,43+,44-,45+/m1/s1. The van der Waals surface area contributed by atoms with Crippen molar-refractivity contribution in [1.82, 2.24) is 4.90 Å². The van der Waals surface area contributed by atoms with Crippen LogP contribution in [0.1, 0.15) is 125 Å². The number of hydrogen-bond acceptors (Lipinski definition) is 12. The highest BCUT2D eigenvalue weighted by atomic mass is 16.7. The predicted octanol–water partition coefficient (Wildman–Crippen LogP) is 5.24. The third kappa shape index (κ3) is 7.82. The second-order valence-corrected chi connectivity index (χ2v) is 20.5. The number of carbonyl (C=O) groups excluding carboxylic acids is 1. The molecule has 4 heterocycles. The van der Waals surface area contributed by atoms with Crippen molar-refractivity contribution < 1.29 is 53.3 Å². The molecule has 4 aliphatic heterocycles. The zero-order chi connectivity index (χ0) is 39.9. The molecule has 0 aromatic rings. The second kappa shape index (κ2) is 15.9. The minimum Gasteiger partial charge on any atom is -0.458 e. The van der Waals surface area contributed by atoms with Crippen molar-refractivity contribution in [3.63, 3.8) is 0 Å². The Labute approximate surface area is 339 Å². The molecule has 5 saturated carbocycles. The number of aliphatic hydroxyl groups excluding tert-OH is 2. The van der Waals surface area contributed by atoms with Crippen LogP contribution < -0.4 is 0 Å². The number of carbonyl (C=O) groups is 1. The summed E-state index contributed by atoms with van der Waals surface area (Å²) in [4.78, 5) is 14.4. The number of nitrogens with zero attached hydrogens (tertiary/aromatic N) is 1. The summed E-state index contributed by atoms with van der Waals surface area (Å²) < 4.78 is 43.5. The van der Waals surface area contributed by atoms with Gasteiger partial charge in [0.15, 0.2) is 18.9 Å². The molecular formula is C45H71NO11. The van der Waals surface area contributed by atoms with E-state index in [9.17, 15) is 20.1 Å². The molecule has 12 heteroatoms. The first-order valence-corrected chi connectivity index (χ1v) is 22.8. The molecule has 12 nitrogen and oxygen atoms in total. The zero-order valence-electron chi connectivity index (χ0n) is 35.1. The molecule has 0 radical (unpaired) electrons. The average molecular weight is 802 g/mol. The van der Waals surface area contributed by atoms with Crippen molar-refractivity contribution in [2.75, 3.05) is 26.2 Å². The Morgan fingerprint density at radius 3 is 2.14 bits per heavy atom. The van der Waals surface area contributed by atoms with Crippen LogP contribution in [0.15, 0.2) is 11.6 Å². The summed E-state index contributed by atoms with van der Waals surface area (Å²) in [5.41, 5.74) is 0.278. The molecule has 0 aromatic heterocycles. The van der Waals surface area contributed by atoms with Gasteiger partial charge in [0.05, 0.1) is 42.2 Å². The van der Waals surface area contributed by atoms with Crippen LogP contribution in [0.4, 0.5) is 0 Å². The Balaban J connectivity index is 0.749. The van der Waals surface area contributed by atoms with Crippen molar-refractivity contribution in [1.29, 1.82) is 0 Å². The van der Waals surface area contributed by atoms with E-state index in [1.54, 1.807) is 6.08 Å². The summed E-state index contributed by atoms with van der Waals surface area (Å²) >= 11 is 0. The third-order valence-electron chi connectivity index (χ3n) is 17.0. The maximum atomic E-state index is 12.6. The minimum absolute atomic E-state index is 0.0532. The van der Waals surface area contributed by atoms with Gasteiger partial charge in [0.25, 0.3) is 0 Å². The summed E-state index contributed by atoms with van der Waals surface area (Å²) in [5.74, 6) is 2.04. The lowest BCUT2D eigenvalue weighted by atomic mass is 9.43. The van der Waals surface area contributed by atoms with Crippen LogP contribution in [0.2, 0.25) is 0 Å². The van der Waals surface area contributed by atoms with Crippen LogP contribution in [0.5, 0.6) is 0 Å². The number of fused-ring (bicyclic) bond motifs is 5. The van der Waals surface area contributed by atoms with E-state index in [0.717, 1.165) is 95.3 Å². The van der Waals surface area contributed by atoms with Gasteiger partial charge in [-0.3, -0.25) is 0 Å². The van der Waals surface area contributed by atoms with E-state index < -0.39 is 61.1 Å². The van der Waals surface area contributed by atoms with Crippen molar-refractivity contribution in [2.45, 2.75) is 198 Å². The molecule has 5 aliphatic carbocycles. The maximum absolute atomic E-state index is 12.6. The molecule has 0 spiro atoms. The highest BCUT2D eigenvalue weighted by molar-refractivity contribution is 5.85. The first kappa shape index (κ1) is 41.2. The summed E-state index contributed by atoms with van der Waals surface area (Å²) in [5, 5.41) is 35.2. The lowest BCUT2D eigenvalue weighted by Crippen LogP contribution is -2.62. The average Bonchev–Trinajstić information content (AvgIpc) is 3.84. The molecule has 0 aromatic carbocycles. The first-order chi connectivity index (χ1) is 27.2. The minimum atomic E-state index is -0.801. The SMILES string of the molecule is CC1CN(CC2CC2)CCC(O[C@H]2[C@@H](O)C[C@H](O[C@@H]3[C@@H](O)C[C@@H](O[C@H]4CC[C@@]5(C)[C@H](CC[C@@H]6[C@@H]5CC[C@]5(C)[C@@H](C7=CC(=O)OC7)CC[C@]65O)C4)O[C@@H]3C)O[C@@H]2C)O1. The van der Waals surface area contributed by atoms with Crippen LogP contribution in [0.25, 0.3) is 0 Å². The lowest BCUT2D eigenvalue weighted by Gasteiger charge is -2.64. The van der Waals surface area contributed by atoms with Crippen molar-refractivity contribution in [2.24, 2.45) is 40.4 Å². The van der Waals surface area contributed by atoms with E-state index in [1.807, 2.05) is 13.8 Å². The third-order valence-corrected chi connectivity index (χ3v) is 17.0. The fourth-order valence-corrected chi connectivity index (χ4v) is 13.7. The molecule has 9 aliphatic rings. The number of ether oxygens (including phenoxy) is 7. The van der Waals surface area contributed by atoms with Gasteiger partial charge in [0.1, 0.15) is 18.8 Å². The van der Waals surface area contributed by atoms with Crippen molar-refractivity contribution >= 4 is 5.97 Å². The van der Waals surface area contributed by atoms with Gasteiger partial charge in [0.2, 0.25) is 0 Å². The fraction of sp³-hybridized carbons (Fsp3) is 0.933. The molecule has 2 unspecified atom stereocenters. The molecule has 3 saturated heterocycles. The Bertz CT molecular complexity index is 1470. The first-order valence-electron chi connectivity index (χ1n) is 22.8. The van der Waals surface area contributed by atoms with Crippen LogP contribution in [-0.4, -0.2) is 126 Å². The number of cyclic esters (lactones) is 1. The van der Waals surface area contributed by atoms with E-state index in [1.165, 1.54) is 12.8 Å². The quantitative estimate of drug-likeness (QED) is 0.207. The summed E-state index contributed by atoms with van der Waals surface area (Å²) in [6.07, 6.45) is 9.41. The molecular weight excluding hydrogens is 730 g/mol. The van der Waals surface area contributed by atoms with Gasteiger partial charge in [-0.15, -0.1) is 0 Å². The number of hydrogen-bond donors (Lipinski definition) is 3. The molecule has 57 heavy (non-hydrogen) atoms. The molecule has 3 N–H and O–H groups in total. The van der Waals surface area contributed by atoms with E-state index in [0.29, 0.717) is 24.9 Å². The highest BCUT2D eigenvalue weighted by Crippen LogP contribution is 2.70. The van der Waals surface area contributed by atoms with Gasteiger partial charge in [-0.2, -0.15) is 0 Å². The molecule has 9 rings (SSSR count). The van der Waals surface area contributed by atoms with Gasteiger partial charge < -0.3 is 53.4 Å². The number of rotatable bonds is 9. The van der Waals surface area contributed by atoms with Crippen LogP contribution in [-0.2, 0) is 38.0 Å². The van der Waals surface area contributed by atoms with Crippen LogP contribution >= 0.6 is 0 Å².